The molecule has 0 saturated carbocycles. The lowest BCUT2D eigenvalue weighted by atomic mass is 9.85. The van der Waals surface area contributed by atoms with Crippen LogP contribution in [0.5, 0.6) is 0 Å². The summed E-state index contributed by atoms with van der Waals surface area (Å²) in [5, 5.41) is 12.6. The molecule has 2 aromatic rings. The number of carboxylic acid groups (broad SMARTS) is 1. The van der Waals surface area contributed by atoms with E-state index in [1.165, 1.54) is 17.0 Å². The Morgan fingerprint density at radius 2 is 1.81 bits per heavy atom. The summed E-state index contributed by atoms with van der Waals surface area (Å²) in [6.45, 7) is 6.37. The second-order valence-electron chi connectivity index (χ2n) is 8.49. The molecular formula is C22H31N5O5. The summed E-state index contributed by atoms with van der Waals surface area (Å²) in [5.74, 6) is -1.53. The van der Waals surface area contributed by atoms with Crippen LogP contribution in [-0.2, 0) is 22.6 Å². The van der Waals surface area contributed by atoms with Gasteiger partial charge in [0.1, 0.15) is 11.4 Å². The fourth-order valence-corrected chi connectivity index (χ4v) is 2.99. The van der Waals surface area contributed by atoms with E-state index in [2.05, 4.69) is 10.3 Å². The van der Waals surface area contributed by atoms with Gasteiger partial charge in [0.25, 0.3) is 0 Å². The van der Waals surface area contributed by atoms with Crippen LogP contribution in [0.1, 0.15) is 55.4 Å². The predicted molar refractivity (Wildman–Crippen MR) is 118 cm³/mol. The van der Waals surface area contributed by atoms with E-state index in [4.69, 9.17) is 16.2 Å². The van der Waals surface area contributed by atoms with Crippen LogP contribution in [0.4, 0.5) is 4.79 Å². The summed E-state index contributed by atoms with van der Waals surface area (Å²) in [6, 6.07) is 6.53. The fourth-order valence-electron chi connectivity index (χ4n) is 2.99. The van der Waals surface area contributed by atoms with Crippen LogP contribution in [0.25, 0.3) is 0 Å². The number of rotatable bonds is 10. The minimum Gasteiger partial charge on any atom is -0.480 e. The monoisotopic (exact) mass is 445 g/mol. The highest BCUT2D eigenvalue weighted by molar-refractivity contribution is 6.15. The van der Waals surface area contributed by atoms with Crippen molar-refractivity contribution in [3.8, 4) is 0 Å². The Hall–Kier alpha value is -3.08. The van der Waals surface area contributed by atoms with Gasteiger partial charge in [-0.1, -0.05) is 24.3 Å². The highest BCUT2D eigenvalue weighted by Gasteiger charge is 2.41. The number of carbonyl (C=O) groups is 3. The van der Waals surface area contributed by atoms with Gasteiger partial charge in [0.05, 0.1) is 6.54 Å². The summed E-state index contributed by atoms with van der Waals surface area (Å²) in [4.78, 5) is 40.7. The molecule has 174 valence electrons. The number of nitrogens with two attached hydrogens (primary N) is 2. The van der Waals surface area contributed by atoms with Crippen LogP contribution in [0.15, 0.2) is 36.7 Å². The number of ether oxygens (including phenoxy) is 1. The minimum absolute atomic E-state index is 0.0364. The van der Waals surface area contributed by atoms with Gasteiger partial charge in [-0.3, -0.25) is 4.79 Å². The number of Topliss-reactive ketones (excluding diaryl/α,β-unsaturated/α-hetero) is 1. The van der Waals surface area contributed by atoms with Gasteiger partial charge in [0.15, 0.2) is 11.3 Å². The van der Waals surface area contributed by atoms with E-state index in [0.717, 1.165) is 5.56 Å². The molecule has 2 rings (SSSR count). The van der Waals surface area contributed by atoms with Crippen molar-refractivity contribution in [3.05, 3.63) is 53.6 Å². The quantitative estimate of drug-likeness (QED) is 0.314. The zero-order chi connectivity index (χ0) is 23.9. The molecular weight excluding hydrogens is 414 g/mol. The Kier molecular flexibility index (Phi) is 8.25. The molecule has 0 radical (unpaired) electrons. The zero-order valence-electron chi connectivity index (χ0n) is 18.6. The van der Waals surface area contributed by atoms with Crippen LogP contribution in [0, 0.1) is 0 Å². The number of imidazole rings is 1. The highest BCUT2D eigenvalue weighted by Crippen LogP contribution is 2.18. The SMILES string of the molecule is CC(C)(C)OC(=O)n1ccnc1CNCc1ccc(C(=O)[C@](N)(CCCN)C(=O)O)cc1. The number of hydrogen-bond acceptors (Lipinski definition) is 8. The average Bonchev–Trinajstić information content (AvgIpc) is 3.19. The van der Waals surface area contributed by atoms with Crippen LogP contribution in [-0.4, -0.2) is 50.2 Å². The van der Waals surface area contributed by atoms with Gasteiger partial charge >= 0.3 is 12.1 Å². The van der Waals surface area contributed by atoms with E-state index in [-0.39, 0.29) is 18.5 Å². The normalized spacial score (nSPS) is 13.4. The fraction of sp³-hybridized carbons (Fsp3) is 0.455. The molecule has 0 amide bonds. The molecule has 0 fully saturated rings. The average molecular weight is 446 g/mol. The van der Waals surface area contributed by atoms with Gasteiger partial charge in [-0.2, -0.15) is 0 Å². The molecule has 0 unspecified atom stereocenters. The first-order valence-corrected chi connectivity index (χ1v) is 10.3. The van der Waals surface area contributed by atoms with E-state index < -0.39 is 29.0 Å². The number of benzene rings is 1. The molecule has 1 atom stereocenters. The number of nitrogens with one attached hydrogen (secondary N) is 1. The summed E-state index contributed by atoms with van der Waals surface area (Å²) in [6.07, 6.45) is 2.85. The predicted octanol–water partition coefficient (Wildman–Crippen LogP) is 1.66. The van der Waals surface area contributed by atoms with E-state index in [1.54, 1.807) is 45.0 Å². The first-order chi connectivity index (χ1) is 15.0. The molecule has 1 aromatic carbocycles. The third kappa shape index (κ3) is 6.46. The maximum atomic E-state index is 12.7. The number of aromatic nitrogens is 2. The van der Waals surface area contributed by atoms with Crippen molar-refractivity contribution in [3.63, 3.8) is 0 Å². The molecule has 10 nitrogen and oxygen atoms in total. The van der Waals surface area contributed by atoms with Crippen molar-refractivity contribution in [2.45, 2.75) is 57.8 Å². The number of ketones is 1. The van der Waals surface area contributed by atoms with E-state index in [1.807, 2.05) is 0 Å². The molecule has 0 bridgehead atoms. The summed E-state index contributed by atoms with van der Waals surface area (Å²) >= 11 is 0. The Balaban J connectivity index is 1.99. The van der Waals surface area contributed by atoms with Crippen LogP contribution >= 0.6 is 0 Å². The second kappa shape index (κ2) is 10.5. The maximum absolute atomic E-state index is 12.7. The van der Waals surface area contributed by atoms with Crippen LogP contribution in [0.3, 0.4) is 0 Å². The standard InChI is InChI=1S/C22H31N5O5/c1-21(2,3)32-20(31)27-12-11-26-17(27)14-25-13-15-5-7-16(8-6-15)18(28)22(24,19(29)30)9-4-10-23/h5-8,11-12,25H,4,9-10,13-14,23-24H2,1-3H3,(H,29,30)/t22-/m1/s1. The lowest BCUT2D eigenvalue weighted by Crippen LogP contribution is -2.55. The van der Waals surface area contributed by atoms with E-state index in [9.17, 15) is 19.5 Å². The van der Waals surface area contributed by atoms with Gasteiger partial charge < -0.3 is 26.6 Å². The van der Waals surface area contributed by atoms with Crippen molar-refractivity contribution >= 4 is 17.8 Å². The number of hydrogen-bond donors (Lipinski definition) is 4. The van der Waals surface area contributed by atoms with E-state index in [0.29, 0.717) is 25.3 Å². The first kappa shape index (κ1) is 25.2. The Labute approximate surface area is 186 Å². The zero-order valence-corrected chi connectivity index (χ0v) is 18.6. The van der Waals surface area contributed by atoms with Gasteiger partial charge in [-0.25, -0.2) is 19.1 Å². The van der Waals surface area contributed by atoms with Crippen molar-refractivity contribution in [1.29, 1.82) is 0 Å². The molecule has 0 aliphatic heterocycles. The Morgan fingerprint density at radius 1 is 1.16 bits per heavy atom. The largest absolute Gasteiger partial charge is 0.480 e. The van der Waals surface area contributed by atoms with Crippen molar-refractivity contribution in [2.75, 3.05) is 6.54 Å². The smallest absolute Gasteiger partial charge is 0.420 e. The number of nitrogens with zero attached hydrogens (tertiary/aromatic N) is 2. The summed E-state index contributed by atoms with van der Waals surface area (Å²) in [5.41, 5.74) is 9.78. The Morgan fingerprint density at radius 3 is 2.38 bits per heavy atom. The van der Waals surface area contributed by atoms with Gasteiger partial charge in [0.2, 0.25) is 0 Å². The summed E-state index contributed by atoms with van der Waals surface area (Å²) in [7, 11) is 0. The van der Waals surface area contributed by atoms with Gasteiger partial charge in [-0.15, -0.1) is 0 Å². The number of carbonyl (C=O) groups excluding carboxylic acids is 2. The van der Waals surface area contributed by atoms with Gasteiger partial charge in [0, 0.05) is 24.5 Å². The maximum Gasteiger partial charge on any atom is 0.420 e. The Bertz CT molecular complexity index is 948. The van der Waals surface area contributed by atoms with Crippen molar-refractivity contribution < 1.29 is 24.2 Å². The third-order valence-electron chi connectivity index (χ3n) is 4.70. The molecule has 10 heteroatoms. The van der Waals surface area contributed by atoms with Gasteiger partial charge in [-0.05, 0) is 45.7 Å². The molecule has 0 spiro atoms. The lowest BCUT2D eigenvalue weighted by molar-refractivity contribution is -0.141. The molecule has 6 N–H and O–H groups in total. The van der Waals surface area contributed by atoms with Crippen LogP contribution in [0.2, 0.25) is 0 Å². The first-order valence-electron chi connectivity index (χ1n) is 10.3. The topological polar surface area (TPSA) is 163 Å². The molecule has 32 heavy (non-hydrogen) atoms. The molecule has 0 aliphatic carbocycles. The molecule has 0 saturated heterocycles. The molecule has 0 aliphatic rings. The van der Waals surface area contributed by atoms with Crippen LogP contribution < -0.4 is 16.8 Å². The van der Waals surface area contributed by atoms with Crippen molar-refractivity contribution in [2.24, 2.45) is 11.5 Å². The van der Waals surface area contributed by atoms with Crippen molar-refractivity contribution in [1.82, 2.24) is 14.9 Å². The number of aliphatic carboxylic acids is 1. The molecule has 1 aromatic heterocycles. The second-order valence-corrected chi connectivity index (χ2v) is 8.49. The summed E-state index contributed by atoms with van der Waals surface area (Å²) < 4.78 is 6.70. The van der Waals surface area contributed by atoms with E-state index >= 15 is 0 Å². The lowest BCUT2D eigenvalue weighted by Gasteiger charge is -2.23. The highest BCUT2D eigenvalue weighted by atomic mass is 16.6. The minimum atomic E-state index is -2.00. The molecule has 1 heterocycles. The number of carboxylic acids is 1. The third-order valence-corrected chi connectivity index (χ3v) is 4.70.